The molecular formula is C22H31N2O. The molecule has 3 aliphatic rings. The number of amides is 1. The molecule has 1 fully saturated rings. The Kier molecular flexibility index (Phi) is 5.63. The molecule has 0 heterocycles. The van der Waals surface area contributed by atoms with Gasteiger partial charge in [0.1, 0.15) is 0 Å². The molecule has 0 unspecified atom stereocenters. The van der Waals surface area contributed by atoms with Gasteiger partial charge in [-0.25, -0.2) is 0 Å². The Balaban J connectivity index is 1.61. The second-order valence-electron chi connectivity index (χ2n) is 7.84. The third-order valence-corrected chi connectivity index (χ3v) is 5.46. The zero-order chi connectivity index (χ0) is 18.0. The van der Waals surface area contributed by atoms with Gasteiger partial charge in [0, 0.05) is 37.2 Å². The molecule has 3 rings (SSSR count). The summed E-state index contributed by atoms with van der Waals surface area (Å²) in [5.41, 5.74) is 6.32. The van der Waals surface area contributed by atoms with E-state index in [2.05, 4.69) is 56.1 Å². The Labute approximate surface area is 152 Å². The summed E-state index contributed by atoms with van der Waals surface area (Å²) in [7, 11) is 0. The summed E-state index contributed by atoms with van der Waals surface area (Å²) in [5, 5.41) is 3.10. The van der Waals surface area contributed by atoms with E-state index >= 15 is 0 Å². The van der Waals surface area contributed by atoms with Crippen molar-refractivity contribution in [2.45, 2.75) is 65.5 Å². The van der Waals surface area contributed by atoms with Gasteiger partial charge in [-0.1, -0.05) is 12.2 Å². The molecule has 1 radical (unpaired) electrons. The van der Waals surface area contributed by atoms with Crippen molar-refractivity contribution >= 4 is 5.91 Å². The first-order valence-corrected chi connectivity index (χ1v) is 9.72. The number of nitrogens with zero attached hydrogens (tertiary/aromatic N) is 1. The van der Waals surface area contributed by atoms with Crippen molar-refractivity contribution in [1.29, 1.82) is 0 Å². The number of carbonyl (C=O) groups excluding carboxylic acids is 1. The Hall–Kier alpha value is -1.61. The largest absolute Gasteiger partial charge is 0.351 e. The fourth-order valence-corrected chi connectivity index (χ4v) is 4.18. The highest BCUT2D eigenvalue weighted by Crippen LogP contribution is 2.42. The molecule has 1 amide bonds. The smallest absolute Gasteiger partial charge is 0.247 e. The third-order valence-electron chi connectivity index (χ3n) is 5.46. The monoisotopic (exact) mass is 339 g/mol. The van der Waals surface area contributed by atoms with Gasteiger partial charge in [0.15, 0.2) is 0 Å². The van der Waals surface area contributed by atoms with Crippen LogP contribution in [0.15, 0.2) is 46.1 Å². The lowest BCUT2D eigenvalue weighted by atomic mass is 9.88. The van der Waals surface area contributed by atoms with E-state index in [9.17, 15) is 4.79 Å². The van der Waals surface area contributed by atoms with Crippen LogP contribution in [0.3, 0.4) is 0 Å². The van der Waals surface area contributed by atoms with Crippen molar-refractivity contribution in [1.82, 2.24) is 10.2 Å². The molecule has 0 saturated heterocycles. The zero-order valence-corrected chi connectivity index (χ0v) is 16.1. The highest BCUT2D eigenvalue weighted by molar-refractivity contribution is 5.98. The Morgan fingerprint density at radius 2 is 1.84 bits per heavy atom. The van der Waals surface area contributed by atoms with E-state index < -0.39 is 0 Å². The minimum atomic E-state index is 0.0418. The first kappa shape index (κ1) is 18.2. The average Bonchev–Trinajstić information content (AvgIpc) is 2.95. The van der Waals surface area contributed by atoms with Crippen molar-refractivity contribution < 1.29 is 4.79 Å². The molecule has 1 saturated carbocycles. The second-order valence-corrected chi connectivity index (χ2v) is 7.84. The van der Waals surface area contributed by atoms with E-state index in [1.807, 2.05) is 6.42 Å². The summed E-state index contributed by atoms with van der Waals surface area (Å²) in [6.07, 6.45) is 13.4. The van der Waals surface area contributed by atoms with Crippen LogP contribution in [-0.4, -0.2) is 36.0 Å². The van der Waals surface area contributed by atoms with E-state index in [4.69, 9.17) is 0 Å². The van der Waals surface area contributed by atoms with Crippen LogP contribution in [0.1, 0.15) is 53.4 Å². The summed E-state index contributed by atoms with van der Waals surface area (Å²) in [6.45, 7) is 10.4. The van der Waals surface area contributed by atoms with Crippen molar-refractivity contribution in [2.24, 2.45) is 0 Å². The lowest BCUT2D eigenvalue weighted by Crippen LogP contribution is -2.42. The minimum absolute atomic E-state index is 0.0418. The summed E-state index contributed by atoms with van der Waals surface area (Å²) < 4.78 is 0. The van der Waals surface area contributed by atoms with E-state index in [-0.39, 0.29) is 5.91 Å². The Bertz CT molecular complexity index is 654. The number of carbonyl (C=O) groups is 1. The zero-order valence-electron chi connectivity index (χ0n) is 16.1. The van der Waals surface area contributed by atoms with Crippen LogP contribution < -0.4 is 5.32 Å². The van der Waals surface area contributed by atoms with Crippen molar-refractivity contribution in [3.8, 4) is 0 Å². The standard InChI is InChI=1S/C22H31N2O/c1-15(2)24(16(3)4)12-11-23-22(25)19-10-9-18-13-17-7-5-6-8-20(17)21(18)14-19/h9-10,13-16H,5-8,11-12H2,1-4H3,(H,23,25). The van der Waals surface area contributed by atoms with Crippen LogP contribution in [0.25, 0.3) is 0 Å². The van der Waals surface area contributed by atoms with E-state index in [1.54, 1.807) is 0 Å². The molecular weight excluding hydrogens is 308 g/mol. The number of fused-ring (bicyclic) bond motifs is 2. The molecule has 3 aliphatic carbocycles. The highest BCUT2D eigenvalue weighted by Gasteiger charge is 2.26. The molecule has 3 nitrogen and oxygen atoms in total. The van der Waals surface area contributed by atoms with Gasteiger partial charge in [-0.15, -0.1) is 0 Å². The third kappa shape index (κ3) is 3.98. The fraction of sp³-hybridized carbons (Fsp3) is 0.545. The van der Waals surface area contributed by atoms with Crippen LogP contribution in [0.5, 0.6) is 0 Å². The van der Waals surface area contributed by atoms with Gasteiger partial charge >= 0.3 is 0 Å². The number of rotatable bonds is 6. The minimum Gasteiger partial charge on any atom is -0.351 e. The molecule has 0 spiro atoms. The molecule has 0 atom stereocenters. The molecule has 0 bridgehead atoms. The molecule has 1 N–H and O–H groups in total. The lowest BCUT2D eigenvalue weighted by Gasteiger charge is -2.30. The van der Waals surface area contributed by atoms with Gasteiger partial charge in [-0.3, -0.25) is 9.69 Å². The summed E-state index contributed by atoms with van der Waals surface area (Å²) in [5.74, 6) is 0.0418. The number of hydrogen-bond acceptors (Lipinski definition) is 2. The van der Waals surface area contributed by atoms with Crippen LogP contribution in [0, 0.1) is 6.42 Å². The fourth-order valence-electron chi connectivity index (χ4n) is 4.18. The maximum atomic E-state index is 12.6. The summed E-state index contributed by atoms with van der Waals surface area (Å²) in [6, 6.07) is 0.980. The predicted octanol–water partition coefficient (Wildman–Crippen LogP) is 4.10. The van der Waals surface area contributed by atoms with E-state index in [0.717, 1.165) is 18.5 Å². The average molecular weight is 340 g/mol. The molecule has 0 aromatic heterocycles. The maximum Gasteiger partial charge on any atom is 0.247 e. The van der Waals surface area contributed by atoms with Gasteiger partial charge in [-0.05, 0) is 81.7 Å². The van der Waals surface area contributed by atoms with Gasteiger partial charge in [0.25, 0.3) is 0 Å². The highest BCUT2D eigenvalue weighted by atomic mass is 16.1. The van der Waals surface area contributed by atoms with Gasteiger partial charge in [0.2, 0.25) is 5.91 Å². The van der Waals surface area contributed by atoms with Crippen molar-refractivity contribution in [2.75, 3.05) is 13.1 Å². The van der Waals surface area contributed by atoms with E-state index in [0.29, 0.717) is 18.6 Å². The van der Waals surface area contributed by atoms with Gasteiger partial charge < -0.3 is 5.32 Å². The Morgan fingerprint density at radius 3 is 2.56 bits per heavy atom. The summed E-state index contributed by atoms with van der Waals surface area (Å²) in [4.78, 5) is 15.0. The van der Waals surface area contributed by atoms with E-state index in [1.165, 1.54) is 41.6 Å². The summed E-state index contributed by atoms with van der Waals surface area (Å²) >= 11 is 0. The topological polar surface area (TPSA) is 32.3 Å². The molecule has 3 heteroatoms. The van der Waals surface area contributed by atoms with Crippen molar-refractivity contribution in [3.05, 3.63) is 52.5 Å². The second kappa shape index (κ2) is 7.74. The molecule has 0 aromatic carbocycles. The molecule has 0 aromatic rings. The van der Waals surface area contributed by atoms with Crippen LogP contribution in [0.4, 0.5) is 0 Å². The molecule has 135 valence electrons. The van der Waals surface area contributed by atoms with Gasteiger partial charge in [-0.2, -0.15) is 0 Å². The maximum absolute atomic E-state index is 12.6. The van der Waals surface area contributed by atoms with Crippen molar-refractivity contribution in [3.63, 3.8) is 0 Å². The lowest BCUT2D eigenvalue weighted by molar-refractivity contribution is -0.117. The van der Waals surface area contributed by atoms with Crippen LogP contribution in [0.2, 0.25) is 0 Å². The number of nitrogens with one attached hydrogen (secondary N) is 1. The first-order chi connectivity index (χ1) is 12.0. The van der Waals surface area contributed by atoms with Crippen LogP contribution in [-0.2, 0) is 4.79 Å². The number of allylic oxidation sites excluding steroid dienone is 7. The molecule has 25 heavy (non-hydrogen) atoms. The Morgan fingerprint density at radius 1 is 1.12 bits per heavy atom. The predicted molar refractivity (Wildman–Crippen MR) is 104 cm³/mol. The van der Waals surface area contributed by atoms with Crippen LogP contribution >= 0.6 is 0 Å². The quantitative estimate of drug-likeness (QED) is 0.790. The molecule has 0 aliphatic heterocycles. The first-order valence-electron chi connectivity index (χ1n) is 9.72. The normalized spacial score (nSPS) is 19.7. The van der Waals surface area contributed by atoms with Gasteiger partial charge in [0.05, 0.1) is 0 Å². The SMILES string of the molecule is CC(C)N(CCNC(=O)C1=CC2=C3CCCCC3=CC2=C[CH]1)C(C)C. The number of hydrogen-bond donors (Lipinski definition) is 1.